The zero-order chi connectivity index (χ0) is 9.97. The van der Waals surface area contributed by atoms with Crippen LogP contribution in [0.5, 0.6) is 0 Å². The van der Waals surface area contributed by atoms with E-state index >= 15 is 0 Å². The molecular formula is C10H12N4. The molecule has 1 aromatic heterocycles. The van der Waals surface area contributed by atoms with E-state index in [1.165, 1.54) is 6.20 Å². The Kier molecular flexibility index (Phi) is 2.32. The van der Waals surface area contributed by atoms with E-state index in [0.717, 1.165) is 18.8 Å². The Bertz CT molecular complexity index is 363. The third kappa shape index (κ3) is 1.67. The Morgan fingerprint density at radius 2 is 2.14 bits per heavy atom. The first-order chi connectivity index (χ1) is 6.79. The van der Waals surface area contributed by atoms with Crippen molar-refractivity contribution in [3.05, 3.63) is 18.1 Å². The maximum Gasteiger partial charge on any atom is 0.182 e. The second-order valence-electron chi connectivity index (χ2n) is 3.78. The minimum atomic E-state index is 0.382. The third-order valence-corrected chi connectivity index (χ3v) is 2.52. The van der Waals surface area contributed by atoms with Gasteiger partial charge in [0.1, 0.15) is 6.07 Å². The largest absolute Gasteiger partial charge is 0.365 e. The fraction of sp³-hybridized carbons (Fsp3) is 0.500. The van der Waals surface area contributed by atoms with Crippen LogP contribution in [0.1, 0.15) is 25.5 Å². The second kappa shape index (κ2) is 3.62. The molecule has 72 valence electrons. The standard InChI is InChI=1S/C10H12N4/c1-7-4-8(5-7)14-10-9(6-11)12-2-3-13-10/h2-3,7-8H,4-5H2,1H3,(H,13,14). The van der Waals surface area contributed by atoms with E-state index in [-0.39, 0.29) is 0 Å². The number of rotatable bonds is 2. The van der Waals surface area contributed by atoms with Gasteiger partial charge in [-0.15, -0.1) is 0 Å². The van der Waals surface area contributed by atoms with Crippen molar-refractivity contribution in [2.24, 2.45) is 5.92 Å². The number of nitrogens with one attached hydrogen (secondary N) is 1. The van der Waals surface area contributed by atoms with Gasteiger partial charge in [0, 0.05) is 18.4 Å². The molecule has 0 atom stereocenters. The van der Waals surface area contributed by atoms with Crippen LogP contribution in [0.4, 0.5) is 5.82 Å². The van der Waals surface area contributed by atoms with Crippen LogP contribution >= 0.6 is 0 Å². The Hall–Kier alpha value is -1.63. The van der Waals surface area contributed by atoms with E-state index in [1.807, 2.05) is 6.07 Å². The first-order valence-electron chi connectivity index (χ1n) is 4.77. The minimum absolute atomic E-state index is 0.382. The van der Waals surface area contributed by atoms with Gasteiger partial charge in [-0.1, -0.05) is 6.92 Å². The van der Waals surface area contributed by atoms with Crippen molar-refractivity contribution < 1.29 is 0 Å². The van der Waals surface area contributed by atoms with Gasteiger partial charge in [0.2, 0.25) is 0 Å². The normalized spacial score (nSPS) is 24.9. The summed E-state index contributed by atoms with van der Waals surface area (Å²) >= 11 is 0. The lowest BCUT2D eigenvalue weighted by molar-refractivity contribution is 0.308. The highest BCUT2D eigenvalue weighted by Gasteiger charge is 2.25. The van der Waals surface area contributed by atoms with Gasteiger partial charge in [0.25, 0.3) is 0 Å². The van der Waals surface area contributed by atoms with Crippen LogP contribution in [0.25, 0.3) is 0 Å². The zero-order valence-corrected chi connectivity index (χ0v) is 8.07. The molecule has 14 heavy (non-hydrogen) atoms. The van der Waals surface area contributed by atoms with Gasteiger partial charge >= 0.3 is 0 Å². The van der Waals surface area contributed by atoms with Crippen molar-refractivity contribution >= 4 is 5.82 Å². The average molecular weight is 188 g/mol. The molecule has 0 aromatic carbocycles. The van der Waals surface area contributed by atoms with Crippen molar-refractivity contribution in [3.63, 3.8) is 0 Å². The van der Waals surface area contributed by atoms with Crippen LogP contribution in [-0.4, -0.2) is 16.0 Å². The van der Waals surface area contributed by atoms with Crippen molar-refractivity contribution in [1.82, 2.24) is 9.97 Å². The molecule has 2 rings (SSSR count). The fourth-order valence-corrected chi connectivity index (χ4v) is 1.74. The summed E-state index contributed by atoms with van der Waals surface area (Å²) < 4.78 is 0. The van der Waals surface area contributed by atoms with Gasteiger partial charge in [-0.05, 0) is 18.8 Å². The summed E-state index contributed by atoms with van der Waals surface area (Å²) in [6, 6.07) is 2.49. The molecule has 1 aromatic rings. The first kappa shape index (κ1) is 8.95. The number of anilines is 1. The van der Waals surface area contributed by atoms with Gasteiger partial charge in [0.15, 0.2) is 11.5 Å². The second-order valence-corrected chi connectivity index (χ2v) is 3.78. The Labute approximate surface area is 83.0 Å². The maximum atomic E-state index is 8.78. The average Bonchev–Trinajstić information content (AvgIpc) is 2.16. The van der Waals surface area contributed by atoms with E-state index in [0.29, 0.717) is 17.6 Å². The van der Waals surface area contributed by atoms with E-state index in [2.05, 4.69) is 22.2 Å². The smallest absolute Gasteiger partial charge is 0.182 e. The summed E-state index contributed by atoms with van der Waals surface area (Å²) in [5.74, 6) is 1.40. The van der Waals surface area contributed by atoms with Crippen LogP contribution in [0.3, 0.4) is 0 Å². The number of hydrogen-bond donors (Lipinski definition) is 1. The quantitative estimate of drug-likeness (QED) is 0.765. The zero-order valence-electron chi connectivity index (χ0n) is 8.07. The molecule has 1 saturated carbocycles. The molecule has 0 aliphatic heterocycles. The summed E-state index contributed by atoms with van der Waals surface area (Å²) in [7, 11) is 0. The van der Waals surface area contributed by atoms with Crippen LogP contribution in [-0.2, 0) is 0 Å². The van der Waals surface area contributed by atoms with Crippen molar-refractivity contribution in [3.8, 4) is 6.07 Å². The molecule has 4 heteroatoms. The number of aromatic nitrogens is 2. The molecule has 1 aliphatic rings. The number of nitriles is 1. The van der Waals surface area contributed by atoms with E-state index in [4.69, 9.17) is 5.26 Å². The topological polar surface area (TPSA) is 61.6 Å². The molecule has 1 N–H and O–H groups in total. The third-order valence-electron chi connectivity index (χ3n) is 2.52. The fourth-order valence-electron chi connectivity index (χ4n) is 1.74. The molecular weight excluding hydrogens is 176 g/mol. The van der Waals surface area contributed by atoms with Crippen LogP contribution in [0, 0.1) is 17.2 Å². The van der Waals surface area contributed by atoms with E-state index < -0.39 is 0 Å². The summed E-state index contributed by atoms with van der Waals surface area (Å²) in [4.78, 5) is 8.04. The lowest BCUT2D eigenvalue weighted by Crippen LogP contribution is -2.34. The molecule has 0 unspecified atom stereocenters. The van der Waals surface area contributed by atoms with Gasteiger partial charge < -0.3 is 5.32 Å². The summed E-state index contributed by atoms with van der Waals surface area (Å²) in [5.41, 5.74) is 0.382. The molecule has 0 spiro atoms. The SMILES string of the molecule is CC1CC(Nc2nccnc2C#N)C1. The molecule has 0 amide bonds. The summed E-state index contributed by atoms with van der Waals surface area (Å²) in [6.07, 6.45) is 5.45. The van der Waals surface area contributed by atoms with Crippen molar-refractivity contribution in [1.29, 1.82) is 5.26 Å². The Morgan fingerprint density at radius 1 is 1.43 bits per heavy atom. The molecule has 0 bridgehead atoms. The molecule has 4 nitrogen and oxygen atoms in total. The predicted molar refractivity (Wildman–Crippen MR) is 52.6 cm³/mol. The van der Waals surface area contributed by atoms with Gasteiger partial charge in [0.05, 0.1) is 0 Å². The number of nitrogens with zero attached hydrogens (tertiary/aromatic N) is 3. The van der Waals surface area contributed by atoms with E-state index in [1.54, 1.807) is 6.20 Å². The lowest BCUT2D eigenvalue weighted by Gasteiger charge is -2.33. The highest BCUT2D eigenvalue weighted by molar-refractivity contribution is 5.47. The van der Waals surface area contributed by atoms with E-state index in [9.17, 15) is 0 Å². The van der Waals surface area contributed by atoms with Gasteiger partial charge in [-0.25, -0.2) is 9.97 Å². The van der Waals surface area contributed by atoms with Crippen LogP contribution < -0.4 is 5.32 Å². The summed E-state index contributed by atoms with van der Waals surface area (Å²) in [5, 5.41) is 12.0. The highest BCUT2D eigenvalue weighted by Crippen LogP contribution is 2.29. The van der Waals surface area contributed by atoms with Crippen molar-refractivity contribution in [2.45, 2.75) is 25.8 Å². The minimum Gasteiger partial charge on any atom is -0.365 e. The first-order valence-corrected chi connectivity index (χ1v) is 4.77. The monoisotopic (exact) mass is 188 g/mol. The number of hydrogen-bond acceptors (Lipinski definition) is 4. The van der Waals surface area contributed by atoms with Gasteiger partial charge in [-0.3, -0.25) is 0 Å². The maximum absolute atomic E-state index is 8.78. The molecule has 1 aliphatic carbocycles. The molecule has 0 radical (unpaired) electrons. The molecule has 1 fully saturated rings. The van der Waals surface area contributed by atoms with Crippen LogP contribution in [0.2, 0.25) is 0 Å². The molecule has 1 heterocycles. The van der Waals surface area contributed by atoms with Gasteiger partial charge in [-0.2, -0.15) is 5.26 Å². The highest BCUT2D eigenvalue weighted by atomic mass is 15.0. The summed E-state index contributed by atoms with van der Waals surface area (Å²) in [6.45, 7) is 2.22. The van der Waals surface area contributed by atoms with Crippen molar-refractivity contribution in [2.75, 3.05) is 5.32 Å². The Morgan fingerprint density at radius 3 is 2.79 bits per heavy atom. The van der Waals surface area contributed by atoms with Crippen LogP contribution in [0.15, 0.2) is 12.4 Å². The predicted octanol–water partition coefficient (Wildman–Crippen LogP) is 1.56. The Balaban J connectivity index is 2.06. The molecule has 0 saturated heterocycles. The lowest BCUT2D eigenvalue weighted by atomic mass is 9.82.